The van der Waals surface area contributed by atoms with Crippen LogP contribution < -0.4 is 0 Å². The quantitative estimate of drug-likeness (QED) is 0.898. The minimum Gasteiger partial charge on any atom is -0.395 e. The molecule has 0 aromatic heterocycles. The van der Waals surface area contributed by atoms with E-state index in [2.05, 4.69) is 0 Å². The second-order valence-electron chi connectivity index (χ2n) is 4.04. The molecular weight excluding hydrogens is 281 g/mol. The van der Waals surface area contributed by atoms with Crippen LogP contribution in [0.2, 0.25) is 5.02 Å². The van der Waals surface area contributed by atoms with Gasteiger partial charge in [0.2, 0.25) is 10.0 Å². The molecular formula is C11H15ClFNO3S. The summed E-state index contributed by atoms with van der Waals surface area (Å²) in [5, 5.41) is 9.21. The van der Waals surface area contributed by atoms with Crippen molar-refractivity contribution >= 4 is 21.6 Å². The van der Waals surface area contributed by atoms with Gasteiger partial charge in [0, 0.05) is 23.7 Å². The summed E-state index contributed by atoms with van der Waals surface area (Å²) in [6, 6.07) is 3.21. The number of nitrogens with zero attached hydrogens (tertiary/aromatic N) is 1. The van der Waals surface area contributed by atoms with Gasteiger partial charge in [-0.2, -0.15) is 4.31 Å². The third-order valence-corrected chi connectivity index (χ3v) is 4.82. The molecule has 102 valence electrons. The highest BCUT2D eigenvalue weighted by molar-refractivity contribution is 7.88. The summed E-state index contributed by atoms with van der Waals surface area (Å²) >= 11 is 5.70. The number of sulfonamides is 1. The maximum atomic E-state index is 13.5. The van der Waals surface area contributed by atoms with Crippen molar-refractivity contribution in [3.05, 3.63) is 34.6 Å². The van der Waals surface area contributed by atoms with Crippen LogP contribution in [0, 0.1) is 5.82 Å². The summed E-state index contributed by atoms with van der Waals surface area (Å²) in [5.41, 5.74) is 0.0134. The predicted octanol–water partition coefficient (Wildman–Crippen LogP) is 1.62. The van der Waals surface area contributed by atoms with Crippen LogP contribution in [0.25, 0.3) is 0 Å². The monoisotopic (exact) mass is 295 g/mol. The Hall–Kier alpha value is -0.690. The van der Waals surface area contributed by atoms with Crippen molar-refractivity contribution in [2.75, 3.05) is 13.7 Å². The summed E-state index contributed by atoms with van der Waals surface area (Å²) in [4.78, 5) is 0. The van der Waals surface area contributed by atoms with Crippen LogP contribution in [0.5, 0.6) is 0 Å². The summed E-state index contributed by atoms with van der Waals surface area (Å²) in [7, 11) is -2.34. The molecule has 1 atom stereocenters. The molecule has 0 amide bonds. The number of rotatable bonds is 5. The summed E-state index contributed by atoms with van der Waals surface area (Å²) in [6.45, 7) is 1.26. The first kappa shape index (κ1) is 15.4. The molecule has 0 bridgehead atoms. The van der Waals surface area contributed by atoms with E-state index in [1.54, 1.807) is 6.92 Å². The highest BCUT2D eigenvalue weighted by Crippen LogP contribution is 2.19. The van der Waals surface area contributed by atoms with Crippen LogP contribution in [-0.4, -0.2) is 37.5 Å². The van der Waals surface area contributed by atoms with Gasteiger partial charge in [-0.1, -0.05) is 11.6 Å². The largest absolute Gasteiger partial charge is 0.395 e. The van der Waals surface area contributed by atoms with E-state index in [1.807, 2.05) is 0 Å². The van der Waals surface area contributed by atoms with Crippen LogP contribution in [0.15, 0.2) is 18.2 Å². The van der Waals surface area contributed by atoms with Crippen LogP contribution in [0.1, 0.15) is 12.5 Å². The molecule has 1 rings (SSSR count). The van der Waals surface area contributed by atoms with E-state index in [0.717, 1.165) is 10.4 Å². The van der Waals surface area contributed by atoms with Gasteiger partial charge in [0.25, 0.3) is 0 Å². The SMILES string of the molecule is CC(CO)N(C)S(=O)(=O)Cc1cc(Cl)ccc1F. The maximum Gasteiger partial charge on any atom is 0.218 e. The number of aliphatic hydroxyl groups excluding tert-OH is 1. The van der Waals surface area contributed by atoms with E-state index >= 15 is 0 Å². The van der Waals surface area contributed by atoms with Crippen molar-refractivity contribution in [2.24, 2.45) is 0 Å². The summed E-state index contributed by atoms with van der Waals surface area (Å²) < 4.78 is 38.4. The normalized spacial score (nSPS) is 13.9. The summed E-state index contributed by atoms with van der Waals surface area (Å²) in [5.74, 6) is -1.10. The van der Waals surface area contributed by atoms with Gasteiger partial charge < -0.3 is 5.11 Å². The number of benzene rings is 1. The van der Waals surface area contributed by atoms with E-state index < -0.39 is 27.6 Å². The van der Waals surface area contributed by atoms with Crippen molar-refractivity contribution in [2.45, 2.75) is 18.7 Å². The smallest absolute Gasteiger partial charge is 0.218 e. The van der Waals surface area contributed by atoms with E-state index in [0.29, 0.717) is 0 Å². The Kier molecular flexibility index (Phi) is 5.10. The van der Waals surface area contributed by atoms with Gasteiger partial charge in [-0.15, -0.1) is 0 Å². The van der Waals surface area contributed by atoms with E-state index in [1.165, 1.54) is 19.2 Å². The molecule has 0 fully saturated rings. The average Bonchev–Trinajstić information content (AvgIpc) is 2.31. The number of halogens is 2. The zero-order chi connectivity index (χ0) is 13.9. The fourth-order valence-corrected chi connectivity index (χ4v) is 2.97. The lowest BCUT2D eigenvalue weighted by molar-refractivity contribution is 0.213. The molecule has 0 aliphatic rings. The molecule has 0 aliphatic heterocycles. The van der Waals surface area contributed by atoms with Crippen molar-refractivity contribution in [1.29, 1.82) is 0 Å². The third-order valence-electron chi connectivity index (χ3n) is 2.67. The number of hydrogen-bond acceptors (Lipinski definition) is 3. The molecule has 1 unspecified atom stereocenters. The standard InChI is InChI=1S/C11H15ClFNO3S/c1-8(6-15)14(2)18(16,17)7-9-5-10(12)3-4-11(9)13/h3-5,8,15H,6-7H2,1-2H3. The lowest BCUT2D eigenvalue weighted by Crippen LogP contribution is -2.38. The minimum absolute atomic E-state index is 0.0134. The molecule has 0 spiro atoms. The molecule has 1 aromatic rings. The molecule has 0 saturated heterocycles. The van der Waals surface area contributed by atoms with Gasteiger partial charge in [0.05, 0.1) is 12.4 Å². The Bertz CT molecular complexity index is 521. The highest BCUT2D eigenvalue weighted by Gasteiger charge is 2.24. The maximum absolute atomic E-state index is 13.5. The zero-order valence-corrected chi connectivity index (χ0v) is 11.7. The molecule has 7 heteroatoms. The van der Waals surface area contributed by atoms with Gasteiger partial charge in [0.15, 0.2) is 0 Å². The van der Waals surface area contributed by atoms with Crippen LogP contribution in [0.3, 0.4) is 0 Å². The zero-order valence-electron chi connectivity index (χ0n) is 10.1. The fraction of sp³-hybridized carbons (Fsp3) is 0.455. The van der Waals surface area contributed by atoms with Crippen LogP contribution in [0.4, 0.5) is 4.39 Å². The van der Waals surface area contributed by atoms with Crippen molar-refractivity contribution in [3.63, 3.8) is 0 Å². The highest BCUT2D eigenvalue weighted by atomic mass is 35.5. The molecule has 4 nitrogen and oxygen atoms in total. The van der Waals surface area contributed by atoms with Crippen molar-refractivity contribution in [1.82, 2.24) is 4.31 Å². The third kappa shape index (κ3) is 3.65. The summed E-state index contributed by atoms with van der Waals surface area (Å²) in [6.07, 6.45) is 0. The number of aliphatic hydroxyl groups is 1. The molecule has 0 saturated carbocycles. The molecule has 18 heavy (non-hydrogen) atoms. The average molecular weight is 296 g/mol. The van der Waals surface area contributed by atoms with Crippen molar-refractivity contribution < 1.29 is 17.9 Å². The Morgan fingerprint density at radius 1 is 1.50 bits per heavy atom. The first-order valence-electron chi connectivity index (χ1n) is 5.28. The van der Waals surface area contributed by atoms with Crippen LogP contribution in [-0.2, 0) is 15.8 Å². The topological polar surface area (TPSA) is 57.6 Å². The van der Waals surface area contributed by atoms with Gasteiger partial charge in [0.1, 0.15) is 5.82 Å². The first-order valence-corrected chi connectivity index (χ1v) is 7.27. The number of likely N-dealkylation sites (N-methyl/N-ethyl adjacent to an activating group) is 1. The van der Waals surface area contributed by atoms with Gasteiger partial charge in [-0.05, 0) is 25.1 Å². The second-order valence-corrected chi connectivity index (χ2v) is 6.50. The Balaban J connectivity index is 2.99. The Morgan fingerprint density at radius 2 is 2.11 bits per heavy atom. The molecule has 1 aromatic carbocycles. The van der Waals surface area contributed by atoms with Gasteiger partial charge in [-0.25, -0.2) is 12.8 Å². The Labute approximate surface area is 111 Å². The molecule has 1 N–H and O–H groups in total. The van der Waals surface area contributed by atoms with E-state index in [9.17, 15) is 12.8 Å². The van der Waals surface area contributed by atoms with E-state index in [4.69, 9.17) is 16.7 Å². The molecule has 0 heterocycles. The fourth-order valence-electron chi connectivity index (χ4n) is 1.34. The van der Waals surface area contributed by atoms with Crippen molar-refractivity contribution in [3.8, 4) is 0 Å². The lowest BCUT2D eigenvalue weighted by Gasteiger charge is -2.22. The molecule has 0 radical (unpaired) electrons. The van der Waals surface area contributed by atoms with Gasteiger partial charge >= 0.3 is 0 Å². The Morgan fingerprint density at radius 3 is 2.67 bits per heavy atom. The first-order chi connectivity index (χ1) is 8.27. The van der Waals surface area contributed by atoms with E-state index in [-0.39, 0.29) is 17.2 Å². The number of hydrogen-bond donors (Lipinski definition) is 1. The predicted molar refractivity (Wildman–Crippen MR) is 68.3 cm³/mol. The second kappa shape index (κ2) is 5.97. The van der Waals surface area contributed by atoms with Gasteiger partial charge in [-0.3, -0.25) is 0 Å². The minimum atomic E-state index is -3.69. The lowest BCUT2D eigenvalue weighted by atomic mass is 10.2. The molecule has 0 aliphatic carbocycles. The van der Waals surface area contributed by atoms with Crippen LogP contribution >= 0.6 is 11.6 Å².